The largest absolute Gasteiger partial charge is 0.443 e. The third-order valence-electron chi connectivity index (χ3n) is 5.43. The highest BCUT2D eigenvalue weighted by molar-refractivity contribution is 8.01. The van der Waals surface area contributed by atoms with Gasteiger partial charge in [0.1, 0.15) is 10.3 Å². The second-order valence-electron chi connectivity index (χ2n) is 7.72. The molecule has 0 saturated carbocycles. The van der Waals surface area contributed by atoms with Gasteiger partial charge in [-0.15, -0.1) is 10.2 Å². The lowest BCUT2D eigenvalue weighted by molar-refractivity contribution is -0.147. The molecule has 0 spiro atoms. The highest BCUT2D eigenvalue weighted by Crippen LogP contribution is 2.50. The number of aromatic nitrogens is 2. The number of cyclic esters (lactones) is 1. The first-order chi connectivity index (χ1) is 16.0. The van der Waals surface area contributed by atoms with Gasteiger partial charge in [-0.3, -0.25) is 4.79 Å². The monoisotopic (exact) mass is 493 g/mol. The number of hydrogen-bond donors (Lipinski definition) is 1. The summed E-state index contributed by atoms with van der Waals surface area (Å²) in [5, 5.41) is 13.7. The number of thioether (sulfide) groups is 1. The molecule has 5 nitrogen and oxygen atoms in total. The fourth-order valence-electron chi connectivity index (χ4n) is 3.75. The number of anilines is 1. The number of hydrogen-bond acceptors (Lipinski definition) is 7. The third-order valence-corrected chi connectivity index (χ3v) is 8.08. The van der Waals surface area contributed by atoms with E-state index >= 15 is 0 Å². The zero-order chi connectivity index (χ0) is 22.8. The first kappa shape index (κ1) is 21.9. The van der Waals surface area contributed by atoms with E-state index in [1.807, 2.05) is 91.9 Å². The number of halogens is 1. The van der Waals surface area contributed by atoms with Gasteiger partial charge in [-0.25, -0.2) is 0 Å². The zero-order valence-corrected chi connectivity index (χ0v) is 20.0. The average molecular weight is 494 g/mol. The van der Waals surface area contributed by atoms with E-state index in [4.69, 9.17) is 16.3 Å². The molecule has 33 heavy (non-hydrogen) atoms. The molecule has 4 aromatic rings. The summed E-state index contributed by atoms with van der Waals surface area (Å²) in [5.74, 6) is -0.272. The van der Waals surface area contributed by atoms with Crippen molar-refractivity contribution in [2.45, 2.75) is 23.1 Å². The van der Waals surface area contributed by atoms with Crippen LogP contribution in [0.5, 0.6) is 0 Å². The summed E-state index contributed by atoms with van der Waals surface area (Å²) in [6.07, 6.45) is 0. The van der Waals surface area contributed by atoms with Gasteiger partial charge >= 0.3 is 5.97 Å². The Morgan fingerprint density at radius 3 is 2.33 bits per heavy atom. The lowest BCUT2D eigenvalue weighted by Gasteiger charge is -2.24. The van der Waals surface area contributed by atoms with Crippen molar-refractivity contribution >= 4 is 45.8 Å². The van der Waals surface area contributed by atoms with Gasteiger partial charge in [-0.05, 0) is 24.6 Å². The topological polar surface area (TPSA) is 64.1 Å². The van der Waals surface area contributed by atoms with E-state index in [9.17, 15) is 4.79 Å². The smallest absolute Gasteiger partial charge is 0.323 e. The minimum absolute atomic E-state index is 0.272. The minimum atomic E-state index is -0.772. The van der Waals surface area contributed by atoms with Crippen LogP contribution in [0.2, 0.25) is 5.02 Å². The third kappa shape index (κ3) is 4.62. The van der Waals surface area contributed by atoms with Crippen LogP contribution in [0.4, 0.5) is 5.13 Å². The minimum Gasteiger partial charge on any atom is -0.443 e. The van der Waals surface area contributed by atoms with Crippen molar-refractivity contribution in [3.05, 3.63) is 101 Å². The Morgan fingerprint density at radius 2 is 1.64 bits per heavy atom. The number of ether oxygens (including phenoxy) is 1. The first-order valence-electron chi connectivity index (χ1n) is 10.4. The van der Waals surface area contributed by atoms with Gasteiger partial charge < -0.3 is 10.1 Å². The molecule has 1 unspecified atom stereocenters. The van der Waals surface area contributed by atoms with Gasteiger partial charge in [0.15, 0.2) is 4.93 Å². The summed E-state index contributed by atoms with van der Waals surface area (Å²) in [7, 11) is 0. The molecule has 2 heterocycles. The van der Waals surface area contributed by atoms with E-state index in [0.717, 1.165) is 21.7 Å². The van der Waals surface area contributed by atoms with Gasteiger partial charge in [-0.2, -0.15) is 0 Å². The molecule has 1 saturated heterocycles. The lowest BCUT2D eigenvalue weighted by atomic mass is 10.0. The van der Waals surface area contributed by atoms with E-state index in [1.54, 1.807) is 0 Å². The lowest BCUT2D eigenvalue weighted by Crippen LogP contribution is -2.27. The molecule has 1 aromatic heterocycles. The van der Waals surface area contributed by atoms with E-state index in [1.165, 1.54) is 23.1 Å². The van der Waals surface area contributed by atoms with Crippen LogP contribution in [-0.4, -0.2) is 21.4 Å². The molecule has 3 aromatic carbocycles. The Kier molecular flexibility index (Phi) is 6.10. The van der Waals surface area contributed by atoms with Crippen LogP contribution in [0.15, 0.2) is 84.9 Å². The second kappa shape index (κ2) is 9.17. The number of carbonyl (C=O) groups excluding carboxylic acids is 1. The number of benzene rings is 3. The molecule has 0 amide bonds. The average Bonchev–Trinajstić information content (AvgIpc) is 3.44. The SMILES string of the molecule is CC1(c2ccccc2)OC(=O)[C@H]([C@H](Nc2nnc(-c3ccccc3)s2)c2ccc(Cl)cc2)S1. The van der Waals surface area contributed by atoms with Gasteiger partial charge in [0.2, 0.25) is 5.13 Å². The Bertz CT molecular complexity index is 1250. The van der Waals surface area contributed by atoms with Crippen molar-refractivity contribution in [2.75, 3.05) is 5.32 Å². The molecule has 1 N–H and O–H groups in total. The number of carbonyl (C=O) groups is 1. The van der Waals surface area contributed by atoms with Crippen molar-refractivity contribution < 1.29 is 9.53 Å². The summed E-state index contributed by atoms with van der Waals surface area (Å²) in [6, 6.07) is 26.8. The maximum Gasteiger partial charge on any atom is 0.323 e. The molecule has 8 heteroatoms. The van der Waals surface area contributed by atoms with Crippen LogP contribution in [0.3, 0.4) is 0 Å². The van der Waals surface area contributed by atoms with Crippen LogP contribution in [0, 0.1) is 0 Å². The van der Waals surface area contributed by atoms with Crippen molar-refractivity contribution in [3.8, 4) is 10.6 Å². The number of esters is 1. The van der Waals surface area contributed by atoms with E-state index in [0.29, 0.717) is 10.2 Å². The molecular weight excluding hydrogens is 474 g/mol. The molecule has 1 aliphatic heterocycles. The van der Waals surface area contributed by atoms with Crippen LogP contribution < -0.4 is 5.32 Å². The van der Waals surface area contributed by atoms with Crippen molar-refractivity contribution in [3.63, 3.8) is 0 Å². The van der Waals surface area contributed by atoms with Gasteiger partial charge in [-0.1, -0.05) is 107 Å². The zero-order valence-electron chi connectivity index (χ0n) is 17.6. The Labute approximate surface area is 205 Å². The Balaban J connectivity index is 1.46. The summed E-state index contributed by atoms with van der Waals surface area (Å²) in [5.41, 5.74) is 2.86. The molecule has 0 radical (unpaired) electrons. The van der Waals surface area contributed by atoms with Crippen molar-refractivity contribution in [1.29, 1.82) is 0 Å². The van der Waals surface area contributed by atoms with E-state index < -0.39 is 10.2 Å². The molecular formula is C25H20ClN3O2S2. The van der Waals surface area contributed by atoms with E-state index in [-0.39, 0.29) is 12.0 Å². The molecule has 5 rings (SSSR count). The van der Waals surface area contributed by atoms with Gasteiger partial charge in [0.05, 0.1) is 6.04 Å². The predicted molar refractivity (Wildman–Crippen MR) is 134 cm³/mol. The van der Waals surface area contributed by atoms with Crippen LogP contribution in [0.1, 0.15) is 24.1 Å². The number of nitrogens with one attached hydrogen (secondary N) is 1. The molecule has 0 bridgehead atoms. The maximum absolute atomic E-state index is 13.1. The van der Waals surface area contributed by atoms with E-state index in [2.05, 4.69) is 15.5 Å². The molecule has 0 aliphatic carbocycles. The molecule has 1 fully saturated rings. The molecule has 166 valence electrons. The first-order valence-corrected chi connectivity index (χ1v) is 12.5. The van der Waals surface area contributed by atoms with Crippen molar-refractivity contribution in [1.82, 2.24) is 10.2 Å². The fourth-order valence-corrected chi connectivity index (χ4v) is 6.06. The van der Waals surface area contributed by atoms with Gasteiger partial charge in [0.25, 0.3) is 0 Å². The summed E-state index contributed by atoms with van der Waals surface area (Å²) >= 11 is 9.06. The highest BCUT2D eigenvalue weighted by Gasteiger charge is 2.49. The summed E-state index contributed by atoms with van der Waals surface area (Å²) in [4.78, 5) is 12.3. The van der Waals surface area contributed by atoms with Crippen LogP contribution >= 0.6 is 34.7 Å². The summed E-state index contributed by atoms with van der Waals surface area (Å²) < 4.78 is 5.91. The number of nitrogens with zero attached hydrogens (tertiary/aromatic N) is 2. The normalized spacial score (nSPS) is 20.9. The summed E-state index contributed by atoms with van der Waals surface area (Å²) in [6.45, 7) is 1.93. The van der Waals surface area contributed by atoms with Gasteiger partial charge in [0, 0.05) is 16.1 Å². The van der Waals surface area contributed by atoms with Crippen molar-refractivity contribution in [2.24, 2.45) is 0 Å². The predicted octanol–water partition coefficient (Wildman–Crippen LogP) is 6.54. The Hall–Kier alpha value is -2.87. The molecule has 3 atom stereocenters. The Morgan fingerprint density at radius 1 is 0.970 bits per heavy atom. The standard InChI is InChI=1S/C25H20ClN3O2S2/c1-25(18-10-6-3-7-11-18)31-23(30)21(33-25)20(16-12-14-19(26)15-13-16)27-24-29-28-22(32-24)17-8-4-2-5-9-17/h2-15,20-21H,1H3,(H,27,29)/t20-,21+,25?/m1/s1. The highest BCUT2D eigenvalue weighted by atomic mass is 35.5. The molecule has 1 aliphatic rings. The van der Waals surface area contributed by atoms with Crippen LogP contribution in [0.25, 0.3) is 10.6 Å². The quantitative estimate of drug-likeness (QED) is 0.307. The maximum atomic E-state index is 13.1. The number of rotatable bonds is 6. The second-order valence-corrected chi connectivity index (χ2v) is 10.7. The fraction of sp³-hybridized carbons (Fsp3) is 0.160. The van der Waals surface area contributed by atoms with Crippen LogP contribution in [-0.2, 0) is 14.5 Å².